The van der Waals surface area contributed by atoms with Crippen LogP contribution in [-0.4, -0.2) is 11.1 Å². The van der Waals surface area contributed by atoms with E-state index in [-0.39, 0.29) is 6.16 Å². The first-order chi connectivity index (χ1) is 2.77. The predicted octanol–water partition coefficient (Wildman–Crippen LogP) is -0.0230. The minimum Gasteiger partial charge on any atom is -0.346 e. The summed E-state index contributed by atoms with van der Waals surface area (Å²) in [5.74, 6) is 0. The number of rotatable bonds is 1. The lowest BCUT2D eigenvalue weighted by molar-refractivity contribution is 0.506. The topological polar surface area (TPSA) is 61.1 Å². The normalized spacial score (nSPS) is 12.7. The van der Waals surface area contributed by atoms with Crippen LogP contribution in [0.3, 0.4) is 0 Å². The maximum Gasteiger partial charge on any atom is 0.202 e. The Labute approximate surface area is 36.1 Å². The van der Waals surface area contributed by atoms with Crippen LogP contribution in [0.1, 0.15) is 0 Å². The first-order valence-electron chi connectivity index (χ1n) is 1.36. The lowest BCUT2D eigenvalue weighted by Gasteiger charge is -1.72. The van der Waals surface area contributed by atoms with Gasteiger partial charge in [0.05, 0.1) is 6.07 Å². The van der Waals surface area contributed by atoms with Crippen molar-refractivity contribution in [1.82, 2.24) is 0 Å². The van der Waals surface area contributed by atoms with Gasteiger partial charge >= 0.3 is 0 Å². The maximum atomic E-state index is 9.56. The lowest BCUT2D eigenvalue weighted by atomic mass is 10.9. The second-order valence-electron chi connectivity index (χ2n) is 0.729. The van der Waals surface area contributed by atoms with Gasteiger partial charge in [-0.05, 0) is 0 Å². The van der Waals surface area contributed by atoms with Gasteiger partial charge in [0, 0.05) is 0 Å². The molecule has 0 aromatic carbocycles. The van der Waals surface area contributed by atoms with Crippen LogP contribution in [0.5, 0.6) is 0 Å². The Kier molecular flexibility index (Phi) is 2.74. The quantitative estimate of drug-likeness (QED) is 0.476. The predicted molar refractivity (Wildman–Crippen MR) is 21.7 cm³/mol. The molecule has 1 unspecified atom stereocenters. The van der Waals surface area contributed by atoms with Gasteiger partial charge in [-0.15, -0.1) is 0 Å². The minimum absolute atomic E-state index is 0.218. The molecule has 0 heterocycles. The third kappa shape index (κ3) is 3.68. The highest BCUT2D eigenvalue weighted by Gasteiger charge is 1.82. The second-order valence-corrected chi connectivity index (χ2v) is 1.87. The van der Waals surface area contributed by atoms with Crippen molar-refractivity contribution in [3.8, 4) is 6.07 Å². The van der Waals surface area contributed by atoms with Crippen molar-refractivity contribution < 1.29 is 9.46 Å². The standard InChI is InChI=1S/C2H4NO2P/c3-1-2-6(4)5/h6H,2H2,(H,4,5). The van der Waals surface area contributed by atoms with Gasteiger partial charge in [0.2, 0.25) is 8.03 Å². The molecule has 0 amide bonds. The highest BCUT2D eigenvalue weighted by atomic mass is 31.1. The van der Waals surface area contributed by atoms with Crippen molar-refractivity contribution in [3.05, 3.63) is 0 Å². The van der Waals surface area contributed by atoms with E-state index < -0.39 is 8.03 Å². The van der Waals surface area contributed by atoms with Gasteiger partial charge in [-0.25, -0.2) is 0 Å². The highest BCUT2D eigenvalue weighted by molar-refractivity contribution is 7.38. The molecule has 4 heteroatoms. The fourth-order valence-electron chi connectivity index (χ4n) is 0.0676. The summed E-state index contributed by atoms with van der Waals surface area (Å²) in [6.45, 7) is 0. The van der Waals surface area contributed by atoms with Crippen molar-refractivity contribution in [3.63, 3.8) is 0 Å². The third-order valence-electron chi connectivity index (χ3n) is 0.230. The molecule has 0 saturated carbocycles. The summed E-state index contributed by atoms with van der Waals surface area (Å²) < 4.78 is 9.56. The Morgan fingerprint density at radius 1 is 2.00 bits per heavy atom. The second kappa shape index (κ2) is 2.89. The highest BCUT2D eigenvalue weighted by Crippen LogP contribution is 2.08. The van der Waals surface area contributed by atoms with E-state index in [4.69, 9.17) is 10.2 Å². The maximum absolute atomic E-state index is 9.56. The molecular weight excluding hydrogens is 101 g/mol. The van der Waals surface area contributed by atoms with Crippen LogP contribution >= 0.6 is 8.03 Å². The summed E-state index contributed by atoms with van der Waals surface area (Å²) in [5.41, 5.74) is 0. The third-order valence-corrected chi connectivity index (χ3v) is 0.691. The van der Waals surface area contributed by atoms with Crippen LogP contribution in [0.25, 0.3) is 0 Å². The Morgan fingerprint density at radius 3 is 2.50 bits per heavy atom. The molecule has 3 nitrogen and oxygen atoms in total. The van der Waals surface area contributed by atoms with E-state index in [9.17, 15) is 4.57 Å². The molecule has 0 aromatic heterocycles. The first-order valence-corrected chi connectivity index (χ1v) is 2.92. The summed E-state index contributed by atoms with van der Waals surface area (Å²) >= 11 is 0. The van der Waals surface area contributed by atoms with Crippen LogP contribution < -0.4 is 0 Å². The zero-order valence-electron chi connectivity index (χ0n) is 3.01. The molecule has 0 saturated heterocycles. The van der Waals surface area contributed by atoms with Gasteiger partial charge in [-0.2, -0.15) is 5.26 Å². The van der Waals surface area contributed by atoms with Crippen molar-refractivity contribution in [2.24, 2.45) is 0 Å². The molecule has 0 bridgehead atoms. The number of nitrogens with zero attached hydrogens (tertiary/aromatic N) is 1. The Morgan fingerprint density at radius 2 is 2.50 bits per heavy atom. The van der Waals surface area contributed by atoms with Crippen molar-refractivity contribution in [1.29, 1.82) is 5.26 Å². The van der Waals surface area contributed by atoms with E-state index in [0.717, 1.165) is 0 Å². The molecule has 0 fully saturated rings. The Hall–Kier alpha value is -0.320. The van der Waals surface area contributed by atoms with Gasteiger partial charge in [0.25, 0.3) is 0 Å². The van der Waals surface area contributed by atoms with Crippen LogP contribution in [0.4, 0.5) is 0 Å². The van der Waals surface area contributed by atoms with E-state index in [1.807, 2.05) is 0 Å². The van der Waals surface area contributed by atoms with E-state index >= 15 is 0 Å². The molecular formula is C2H4NO2P. The average molecular weight is 105 g/mol. The van der Waals surface area contributed by atoms with E-state index in [0.29, 0.717) is 0 Å². The smallest absolute Gasteiger partial charge is 0.202 e. The molecule has 1 N–H and O–H groups in total. The molecule has 6 heavy (non-hydrogen) atoms. The monoisotopic (exact) mass is 105 g/mol. The summed E-state index contributed by atoms with van der Waals surface area (Å²) in [6, 6.07) is 1.55. The van der Waals surface area contributed by atoms with Crippen LogP contribution in [0.2, 0.25) is 0 Å². The lowest BCUT2D eigenvalue weighted by Crippen LogP contribution is -1.62. The zero-order valence-corrected chi connectivity index (χ0v) is 4.01. The van der Waals surface area contributed by atoms with E-state index in [2.05, 4.69) is 0 Å². The molecule has 34 valence electrons. The van der Waals surface area contributed by atoms with Crippen molar-refractivity contribution >= 4 is 8.03 Å². The summed E-state index contributed by atoms with van der Waals surface area (Å²) in [5, 5.41) is 7.65. The van der Waals surface area contributed by atoms with E-state index in [1.54, 1.807) is 6.07 Å². The van der Waals surface area contributed by atoms with Crippen LogP contribution in [-0.2, 0) is 4.57 Å². The summed E-state index contributed by atoms with van der Waals surface area (Å²) in [7, 11) is -2.50. The zero-order chi connectivity index (χ0) is 4.99. The van der Waals surface area contributed by atoms with Crippen LogP contribution in [0, 0.1) is 11.3 Å². The summed E-state index contributed by atoms with van der Waals surface area (Å²) in [6.07, 6.45) is -0.218. The van der Waals surface area contributed by atoms with Gasteiger partial charge in [0.1, 0.15) is 6.16 Å². The van der Waals surface area contributed by atoms with Crippen molar-refractivity contribution in [2.45, 2.75) is 0 Å². The van der Waals surface area contributed by atoms with Crippen molar-refractivity contribution in [2.75, 3.05) is 6.16 Å². The molecule has 0 aliphatic rings. The Balaban J connectivity index is 3.13. The Bertz CT molecular complexity index is 94.2. The molecule has 0 rings (SSSR count). The largest absolute Gasteiger partial charge is 0.346 e. The summed E-state index contributed by atoms with van der Waals surface area (Å²) in [4.78, 5) is 7.88. The van der Waals surface area contributed by atoms with Gasteiger partial charge in [-0.1, -0.05) is 0 Å². The molecule has 0 spiro atoms. The molecule has 0 aliphatic heterocycles. The minimum atomic E-state index is -2.50. The van der Waals surface area contributed by atoms with Crippen LogP contribution in [0.15, 0.2) is 0 Å². The number of hydrogen-bond acceptors (Lipinski definition) is 2. The van der Waals surface area contributed by atoms with Gasteiger partial charge < -0.3 is 4.89 Å². The molecule has 1 atom stereocenters. The molecule has 0 radical (unpaired) electrons. The first kappa shape index (κ1) is 5.68. The van der Waals surface area contributed by atoms with Gasteiger partial charge in [-0.3, -0.25) is 4.57 Å². The SMILES string of the molecule is N#CC[PH](=O)O. The fourth-order valence-corrected chi connectivity index (χ4v) is 0.203. The van der Waals surface area contributed by atoms with E-state index in [1.165, 1.54) is 0 Å². The molecule has 0 aliphatic carbocycles. The fraction of sp³-hybridized carbons (Fsp3) is 0.500. The van der Waals surface area contributed by atoms with Gasteiger partial charge in [0.15, 0.2) is 0 Å². The molecule has 0 aromatic rings. The average Bonchev–Trinajstić information content (AvgIpc) is 1.35. The number of nitriles is 1. The number of hydrogen-bond donors (Lipinski definition) is 1.